The van der Waals surface area contributed by atoms with Crippen molar-refractivity contribution in [3.63, 3.8) is 0 Å². The highest BCUT2D eigenvalue weighted by molar-refractivity contribution is 5.15. The minimum Gasteiger partial charge on any atom is -0.303 e. The Hall–Kier alpha value is -0.560. The second-order valence-corrected chi connectivity index (χ2v) is 5.25. The summed E-state index contributed by atoms with van der Waals surface area (Å²) in [5, 5.41) is 0. The van der Waals surface area contributed by atoms with Gasteiger partial charge in [0, 0.05) is 6.54 Å². The Kier molecular flexibility index (Phi) is 4.65. The van der Waals surface area contributed by atoms with E-state index in [-0.39, 0.29) is 0 Å². The summed E-state index contributed by atoms with van der Waals surface area (Å²) in [6.07, 6.45) is 16.2. The molecule has 2 unspecified atom stereocenters. The first-order chi connectivity index (χ1) is 7.90. The fourth-order valence-electron chi connectivity index (χ4n) is 2.89. The molecule has 0 aromatic rings. The molecule has 0 radical (unpaired) electrons. The Morgan fingerprint density at radius 1 is 1.06 bits per heavy atom. The van der Waals surface area contributed by atoms with E-state index < -0.39 is 0 Å². The Labute approximate surface area is 100 Å². The Balaban J connectivity index is 1.69. The topological polar surface area (TPSA) is 3.24 Å². The predicted octanol–water partition coefficient (Wildman–Crippen LogP) is 3.63. The number of rotatable bonds is 5. The van der Waals surface area contributed by atoms with Crippen LogP contribution in [0.4, 0.5) is 0 Å². The molecule has 0 saturated carbocycles. The van der Waals surface area contributed by atoms with Gasteiger partial charge in [0.05, 0.1) is 0 Å². The highest BCUT2D eigenvalue weighted by Crippen LogP contribution is 2.28. The largest absolute Gasteiger partial charge is 0.303 e. The summed E-state index contributed by atoms with van der Waals surface area (Å²) in [6.45, 7) is 6.20. The summed E-state index contributed by atoms with van der Waals surface area (Å²) in [7, 11) is 0. The lowest BCUT2D eigenvalue weighted by atomic mass is 9.82. The summed E-state index contributed by atoms with van der Waals surface area (Å²) < 4.78 is 0. The molecule has 16 heavy (non-hydrogen) atoms. The number of piperidine rings is 1. The highest BCUT2D eigenvalue weighted by atomic mass is 15.1. The van der Waals surface area contributed by atoms with Crippen LogP contribution in [0.2, 0.25) is 0 Å². The third kappa shape index (κ3) is 3.21. The quantitative estimate of drug-likeness (QED) is 0.638. The van der Waals surface area contributed by atoms with E-state index in [9.17, 15) is 0 Å². The standard InChI is InChI=1S/C15H25N/c1-2-3-4-7-11-16-12-10-14-8-5-6-9-15(14)13-16/h5-6,8-9,14-15H,2-4,7,10-13H2,1H3. The van der Waals surface area contributed by atoms with Crippen molar-refractivity contribution >= 4 is 0 Å². The van der Waals surface area contributed by atoms with Gasteiger partial charge >= 0.3 is 0 Å². The van der Waals surface area contributed by atoms with E-state index in [0.29, 0.717) is 0 Å². The lowest BCUT2D eigenvalue weighted by molar-refractivity contribution is 0.162. The average Bonchev–Trinajstić information content (AvgIpc) is 2.34. The summed E-state index contributed by atoms with van der Waals surface area (Å²) >= 11 is 0. The molecule has 0 bridgehead atoms. The van der Waals surface area contributed by atoms with Crippen LogP contribution in [-0.4, -0.2) is 24.5 Å². The van der Waals surface area contributed by atoms with Crippen LogP contribution in [0.5, 0.6) is 0 Å². The minimum atomic E-state index is 0.796. The van der Waals surface area contributed by atoms with Gasteiger partial charge in [-0.25, -0.2) is 0 Å². The Bertz CT molecular complexity index is 254. The van der Waals surface area contributed by atoms with Gasteiger partial charge in [0.2, 0.25) is 0 Å². The zero-order valence-electron chi connectivity index (χ0n) is 10.6. The molecule has 1 aliphatic carbocycles. The predicted molar refractivity (Wildman–Crippen MR) is 70.5 cm³/mol. The van der Waals surface area contributed by atoms with Gasteiger partial charge in [0.25, 0.3) is 0 Å². The van der Waals surface area contributed by atoms with E-state index in [1.54, 1.807) is 0 Å². The molecule has 0 aromatic heterocycles. The summed E-state index contributed by atoms with van der Waals surface area (Å²) in [5.41, 5.74) is 0. The fraction of sp³-hybridized carbons (Fsp3) is 0.733. The number of hydrogen-bond acceptors (Lipinski definition) is 1. The van der Waals surface area contributed by atoms with Crippen LogP contribution in [0.15, 0.2) is 24.3 Å². The average molecular weight is 219 g/mol. The van der Waals surface area contributed by atoms with Crippen molar-refractivity contribution in [3.05, 3.63) is 24.3 Å². The van der Waals surface area contributed by atoms with Crippen LogP contribution >= 0.6 is 0 Å². The SMILES string of the molecule is CCCCCCN1CCC2C=CC=CC2C1. The van der Waals surface area contributed by atoms with Crippen molar-refractivity contribution in [2.75, 3.05) is 19.6 Å². The molecule has 1 nitrogen and oxygen atoms in total. The number of fused-ring (bicyclic) bond motifs is 1. The van der Waals surface area contributed by atoms with Gasteiger partial charge in [-0.3, -0.25) is 0 Å². The minimum absolute atomic E-state index is 0.796. The summed E-state index contributed by atoms with van der Waals surface area (Å²) in [5.74, 6) is 1.63. The van der Waals surface area contributed by atoms with E-state index in [0.717, 1.165) is 11.8 Å². The van der Waals surface area contributed by atoms with E-state index in [2.05, 4.69) is 36.1 Å². The molecule has 1 saturated heterocycles. The molecule has 2 atom stereocenters. The maximum absolute atomic E-state index is 2.67. The van der Waals surface area contributed by atoms with Crippen molar-refractivity contribution in [1.29, 1.82) is 0 Å². The molecule has 0 amide bonds. The second kappa shape index (κ2) is 6.24. The van der Waals surface area contributed by atoms with E-state index >= 15 is 0 Å². The molecule has 0 spiro atoms. The monoisotopic (exact) mass is 219 g/mol. The van der Waals surface area contributed by atoms with E-state index in [1.165, 1.54) is 51.7 Å². The van der Waals surface area contributed by atoms with Crippen molar-refractivity contribution in [3.8, 4) is 0 Å². The van der Waals surface area contributed by atoms with E-state index in [1.807, 2.05) is 0 Å². The van der Waals surface area contributed by atoms with Gasteiger partial charge in [0.15, 0.2) is 0 Å². The van der Waals surface area contributed by atoms with Gasteiger partial charge in [-0.2, -0.15) is 0 Å². The van der Waals surface area contributed by atoms with Crippen molar-refractivity contribution in [1.82, 2.24) is 4.90 Å². The van der Waals surface area contributed by atoms with Gasteiger partial charge in [-0.15, -0.1) is 0 Å². The zero-order chi connectivity index (χ0) is 11.2. The van der Waals surface area contributed by atoms with Gasteiger partial charge in [-0.05, 0) is 37.8 Å². The highest BCUT2D eigenvalue weighted by Gasteiger charge is 2.26. The maximum Gasteiger partial charge on any atom is 0.00501 e. The number of likely N-dealkylation sites (tertiary alicyclic amines) is 1. The molecule has 2 aliphatic rings. The summed E-state index contributed by atoms with van der Waals surface area (Å²) in [4.78, 5) is 2.67. The Morgan fingerprint density at radius 3 is 2.69 bits per heavy atom. The third-order valence-electron chi connectivity index (χ3n) is 3.95. The first-order valence-corrected chi connectivity index (χ1v) is 6.97. The van der Waals surface area contributed by atoms with Gasteiger partial charge < -0.3 is 4.90 Å². The number of unbranched alkanes of at least 4 members (excludes halogenated alkanes) is 3. The maximum atomic E-state index is 2.67. The van der Waals surface area contributed by atoms with Crippen molar-refractivity contribution in [2.45, 2.75) is 39.0 Å². The normalized spacial score (nSPS) is 29.3. The number of nitrogens with zero attached hydrogens (tertiary/aromatic N) is 1. The number of hydrogen-bond donors (Lipinski definition) is 0. The smallest absolute Gasteiger partial charge is 0.00501 e. The lowest BCUT2D eigenvalue weighted by Gasteiger charge is -2.37. The van der Waals surface area contributed by atoms with Crippen LogP contribution in [0.25, 0.3) is 0 Å². The van der Waals surface area contributed by atoms with Gasteiger partial charge in [-0.1, -0.05) is 50.5 Å². The Morgan fingerprint density at radius 2 is 1.88 bits per heavy atom. The molecule has 2 rings (SSSR count). The van der Waals surface area contributed by atoms with Crippen LogP contribution < -0.4 is 0 Å². The first-order valence-electron chi connectivity index (χ1n) is 6.97. The van der Waals surface area contributed by atoms with E-state index in [4.69, 9.17) is 0 Å². The van der Waals surface area contributed by atoms with Crippen molar-refractivity contribution in [2.24, 2.45) is 11.8 Å². The molecule has 1 heterocycles. The molecule has 1 fully saturated rings. The molecular formula is C15H25N. The molecule has 0 N–H and O–H groups in total. The van der Waals surface area contributed by atoms with Crippen LogP contribution in [-0.2, 0) is 0 Å². The van der Waals surface area contributed by atoms with Gasteiger partial charge in [0.1, 0.15) is 0 Å². The molecule has 1 aliphatic heterocycles. The third-order valence-corrected chi connectivity index (χ3v) is 3.95. The summed E-state index contributed by atoms with van der Waals surface area (Å²) in [6, 6.07) is 0. The van der Waals surface area contributed by atoms with Crippen LogP contribution in [0, 0.1) is 11.8 Å². The molecular weight excluding hydrogens is 194 g/mol. The van der Waals surface area contributed by atoms with Crippen molar-refractivity contribution < 1.29 is 0 Å². The second-order valence-electron chi connectivity index (χ2n) is 5.25. The zero-order valence-corrected chi connectivity index (χ0v) is 10.6. The molecule has 90 valence electrons. The molecule has 1 heteroatoms. The molecule has 0 aromatic carbocycles. The fourth-order valence-corrected chi connectivity index (χ4v) is 2.89. The number of allylic oxidation sites excluding steroid dienone is 3. The van der Waals surface area contributed by atoms with Crippen LogP contribution in [0.1, 0.15) is 39.0 Å². The lowest BCUT2D eigenvalue weighted by Crippen LogP contribution is -2.40. The van der Waals surface area contributed by atoms with Crippen LogP contribution in [0.3, 0.4) is 0 Å². The first kappa shape index (κ1) is 11.9.